The number of urea groups is 1. The van der Waals surface area contributed by atoms with Gasteiger partial charge in [-0.2, -0.15) is 0 Å². The summed E-state index contributed by atoms with van der Waals surface area (Å²) in [5, 5.41) is 6.05. The van der Waals surface area contributed by atoms with Crippen LogP contribution >= 0.6 is 0 Å². The Morgan fingerprint density at radius 2 is 1.80 bits per heavy atom. The highest BCUT2D eigenvalue weighted by Gasteiger charge is 2.36. The number of benzene rings is 1. The molecule has 2 saturated heterocycles. The molecule has 0 radical (unpaired) electrons. The van der Waals surface area contributed by atoms with E-state index in [-0.39, 0.29) is 18.0 Å². The van der Waals surface area contributed by atoms with Gasteiger partial charge in [0.25, 0.3) is 0 Å². The van der Waals surface area contributed by atoms with Gasteiger partial charge in [0, 0.05) is 38.3 Å². The summed E-state index contributed by atoms with van der Waals surface area (Å²) >= 11 is 0. The average Bonchev–Trinajstić information content (AvgIpc) is 3.34. The smallest absolute Gasteiger partial charge is 0.317 e. The van der Waals surface area contributed by atoms with Gasteiger partial charge < -0.3 is 15.5 Å². The Balaban J connectivity index is 1.44. The van der Waals surface area contributed by atoms with Gasteiger partial charge in [0.15, 0.2) is 0 Å². The Hall–Kier alpha value is -2.08. The molecule has 0 bridgehead atoms. The molecule has 0 aromatic heterocycles. The normalized spacial score (nSPS) is 23.4. The summed E-state index contributed by atoms with van der Waals surface area (Å²) in [5.41, 5.74) is 1.05. The standard InChI is InChI=1S/C19H26N4O2/c24-18(21-15-6-7-15)17(14-4-2-1-3-5-14)22-11-8-16(9-12-22)23-13-10-20-19(23)25/h1-5,15-17H,6-13H2,(H,20,25)(H,21,24)/t17-/m0/s1. The number of piperidine rings is 1. The van der Waals surface area contributed by atoms with Crippen molar-refractivity contribution >= 4 is 11.9 Å². The van der Waals surface area contributed by atoms with Gasteiger partial charge >= 0.3 is 6.03 Å². The molecule has 3 fully saturated rings. The van der Waals surface area contributed by atoms with Crippen molar-refractivity contribution in [2.45, 2.75) is 43.8 Å². The van der Waals surface area contributed by atoms with Gasteiger partial charge in [-0.05, 0) is 31.2 Å². The van der Waals surface area contributed by atoms with E-state index in [1.54, 1.807) is 0 Å². The Labute approximate surface area is 148 Å². The first kappa shape index (κ1) is 16.4. The van der Waals surface area contributed by atoms with Gasteiger partial charge in [0.2, 0.25) is 5.91 Å². The molecule has 6 heteroatoms. The number of carbonyl (C=O) groups excluding carboxylic acids is 2. The van der Waals surface area contributed by atoms with Gasteiger partial charge in [-0.25, -0.2) is 4.79 Å². The van der Waals surface area contributed by atoms with E-state index in [0.717, 1.165) is 57.4 Å². The topological polar surface area (TPSA) is 64.7 Å². The molecule has 134 valence electrons. The minimum absolute atomic E-state index is 0.0598. The Kier molecular flexibility index (Phi) is 4.61. The molecule has 1 saturated carbocycles. The van der Waals surface area contributed by atoms with Gasteiger partial charge in [-0.15, -0.1) is 0 Å². The lowest BCUT2D eigenvalue weighted by molar-refractivity contribution is -0.127. The molecule has 1 aromatic rings. The first-order chi connectivity index (χ1) is 12.2. The molecule has 4 rings (SSSR count). The van der Waals surface area contributed by atoms with Crippen LogP contribution in [0.5, 0.6) is 0 Å². The van der Waals surface area contributed by atoms with Crippen molar-refractivity contribution in [2.75, 3.05) is 26.2 Å². The molecule has 25 heavy (non-hydrogen) atoms. The predicted molar refractivity (Wildman–Crippen MR) is 95.0 cm³/mol. The molecule has 1 aliphatic carbocycles. The van der Waals surface area contributed by atoms with Crippen molar-refractivity contribution in [3.8, 4) is 0 Å². The van der Waals surface area contributed by atoms with E-state index >= 15 is 0 Å². The lowest BCUT2D eigenvalue weighted by Crippen LogP contribution is -2.49. The van der Waals surface area contributed by atoms with E-state index in [1.807, 2.05) is 35.2 Å². The summed E-state index contributed by atoms with van der Waals surface area (Å²) in [6.45, 7) is 3.22. The van der Waals surface area contributed by atoms with Crippen LogP contribution < -0.4 is 10.6 Å². The molecular weight excluding hydrogens is 316 g/mol. The van der Waals surface area contributed by atoms with Gasteiger partial charge in [0.1, 0.15) is 6.04 Å². The van der Waals surface area contributed by atoms with Crippen LogP contribution in [-0.2, 0) is 4.79 Å². The summed E-state index contributed by atoms with van der Waals surface area (Å²) in [6.07, 6.45) is 4.04. The maximum Gasteiger partial charge on any atom is 0.317 e. The number of hydrogen-bond donors (Lipinski definition) is 2. The van der Waals surface area contributed by atoms with Crippen LogP contribution in [0.2, 0.25) is 0 Å². The minimum atomic E-state index is -0.227. The van der Waals surface area contributed by atoms with Gasteiger partial charge in [-0.1, -0.05) is 30.3 Å². The number of nitrogens with zero attached hydrogens (tertiary/aromatic N) is 2. The number of rotatable bonds is 5. The lowest BCUT2D eigenvalue weighted by Gasteiger charge is -2.39. The van der Waals surface area contributed by atoms with E-state index in [4.69, 9.17) is 0 Å². The summed E-state index contributed by atoms with van der Waals surface area (Å²) in [7, 11) is 0. The first-order valence-corrected chi connectivity index (χ1v) is 9.36. The molecule has 3 aliphatic rings. The predicted octanol–water partition coefficient (Wildman–Crippen LogP) is 1.50. The fourth-order valence-corrected chi connectivity index (χ4v) is 3.96. The highest BCUT2D eigenvalue weighted by atomic mass is 16.2. The molecule has 0 unspecified atom stereocenters. The SMILES string of the molecule is O=C(NC1CC1)[C@H](c1ccccc1)N1CCC(N2CCNC2=O)CC1. The number of amides is 3. The zero-order valence-electron chi connectivity index (χ0n) is 14.5. The highest BCUT2D eigenvalue weighted by molar-refractivity contribution is 5.83. The third-order valence-corrected chi connectivity index (χ3v) is 5.48. The van der Waals surface area contributed by atoms with Crippen molar-refractivity contribution in [2.24, 2.45) is 0 Å². The summed E-state index contributed by atoms with van der Waals surface area (Å²) in [6, 6.07) is 10.5. The second-order valence-electron chi connectivity index (χ2n) is 7.29. The number of nitrogens with one attached hydrogen (secondary N) is 2. The van der Waals surface area contributed by atoms with E-state index in [1.165, 1.54) is 0 Å². The molecule has 1 atom stereocenters. The number of likely N-dealkylation sites (tertiary alicyclic amines) is 1. The van der Waals surface area contributed by atoms with Crippen LogP contribution in [0.15, 0.2) is 30.3 Å². The monoisotopic (exact) mass is 342 g/mol. The number of carbonyl (C=O) groups is 2. The zero-order valence-corrected chi connectivity index (χ0v) is 14.5. The van der Waals surface area contributed by atoms with Gasteiger partial charge in [-0.3, -0.25) is 9.69 Å². The summed E-state index contributed by atoms with van der Waals surface area (Å²) in [5.74, 6) is 0.117. The van der Waals surface area contributed by atoms with Crippen molar-refractivity contribution in [1.82, 2.24) is 20.4 Å². The van der Waals surface area contributed by atoms with E-state index in [2.05, 4.69) is 15.5 Å². The fourth-order valence-electron chi connectivity index (χ4n) is 3.96. The van der Waals surface area contributed by atoms with Crippen molar-refractivity contribution in [1.29, 1.82) is 0 Å². The molecular formula is C19H26N4O2. The van der Waals surface area contributed by atoms with Crippen molar-refractivity contribution in [3.63, 3.8) is 0 Å². The lowest BCUT2D eigenvalue weighted by atomic mass is 9.98. The third-order valence-electron chi connectivity index (χ3n) is 5.48. The Morgan fingerprint density at radius 3 is 2.40 bits per heavy atom. The van der Waals surface area contributed by atoms with Crippen LogP contribution in [0.1, 0.15) is 37.3 Å². The van der Waals surface area contributed by atoms with E-state index < -0.39 is 0 Å². The van der Waals surface area contributed by atoms with Crippen molar-refractivity contribution < 1.29 is 9.59 Å². The maximum atomic E-state index is 12.9. The van der Waals surface area contributed by atoms with E-state index in [0.29, 0.717) is 12.1 Å². The highest BCUT2D eigenvalue weighted by Crippen LogP contribution is 2.29. The van der Waals surface area contributed by atoms with Crippen LogP contribution in [0.25, 0.3) is 0 Å². The molecule has 1 aromatic carbocycles. The van der Waals surface area contributed by atoms with Crippen LogP contribution in [0.4, 0.5) is 4.79 Å². The van der Waals surface area contributed by atoms with Gasteiger partial charge in [0.05, 0.1) is 0 Å². The third kappa shape index (κ3) is 3.63. The molecule has 6 nitrogen and oxygen atoms in total. The second-order valence-corrected chi connectivity index (χ2v) is 7.29. The van der Waals surface area contributed by atoms with Crippen molar-refractivity contribution in [3.05, 3.63) is 35.9 Å². The fraction of sp³-hybridized carbons (Fsp3) is 0.579. The zero-order chi connectivity index (χ0) is 17.2. The first-order valence-electron chi connectivity index (χ1n) is 9.36. The molecule has 2 heterocycles. The summed E-state index contributed by atoms with van der Waals surface area (Å²) in [4.78, 5) is 29.0. The second kappa shape index (κ2) is 7.04. The summed E-state index contributed by atoms with van der Waals surface area (Å²) < 4.78 is 0. The molecule has 2 aliphatic heterocycles. The number of hydrogen-bond acceptors (Lipinski definition) is 3. The largest absolute Gasteiger partial charge is 0.352 e. The van der Waals surface area contributed by atoms with E-state index in [9.17, 15) is 9.59 Å². The quantitative estimate of drug-likeness (QED) is 0.852. The average molecular weight is 342 g/mol. The Bertz CT molecular complexity index is 624. The minimum Gasteiger partial charge on any atom is -0.352 e. The van der Waals surface area contributed by atoms with Crippen LogP contribution in [0, 0.1) is 0 Å². The Morgan fingerprint density at radius 1 is 1.08 bits per heavy atom. The van der Waals surface area contributed by atoms with Crippen LogP contribution in [0.3, 0.4) is 0 Å². The molecule has 0 spiro atoms. The molecule has 3 amide bonds. The maximum absolute atomic E-state index is 12.9. The molecule has 2 N–H and O–H groups in total. The van der Waals surface area contributed by atoms with Crippen LogP contribution in [-0.4, -0.2) is 60.0 Å².